The van der Waals surface area contributed by atoms with Gasteiger partial charge in [-0.25, -0.2) is 0 Å². The highest BCUT2D eigenvalue weighted by molar-refractivity contribution is 6.28. The molecule has 1 heterocycles. The first-order chi connectivity index (χ1) is 6.15. The van der Waals surface area contributed by atoms with Crippen molar-refractivity contribution in [2.45, 2.75) is 26.8 Å². The summed E-state index contributed by atoms with van der Waals surface area (Å²) in [4.78, 5) is 6.18. The fourth-order valence-corrected chi connectivity index (χ4v) is 1.33. The molecule has 0 N–H and O–H groups in total. The fraction of sp³-hybridized carbons (Fsp3) is 0.625. The van der Waals surface area contributed by atoms with E-state index in [-0.39, 0.29) is 5.28 Å². The smallest absolute Gasteiger partial charge is 0.244 e. The van der Waals surface area contributed by atoms with Crippen molar-refractivity contribution in [2.75, 3.05) is 11.4 Å². The Balaban J connectivity index is 2.91. The molecule has 1 aromatic heterocycles. The molecular weight excluding hydrogens is 188 g/mol. The molecular formula is C8H13ClN4. The molecule has 0 radical (unpaired) electrons. The first-order valence-corrected chi connectivity index (χ1v) is 4.64. The molecule has 0 spiro atoms. The second kappa shape index (κ2) is 4.37. The van der Waals surface area contributed by atoms with Crippen LogP contribution in [0.5, 0.6) is 0 Å². The van der Waals surface area contributed by atoms with Crippen molar-refractivity contribution in [3.8, 4) is 0 Å². The third-order valence-corrected chi connectivity index (χ3v) is 1.94. The molecule has 0 aliphatic rings. The first kappa shape index (κ1) is 10.2. The molecule has 0 bridgehead atoms. The third kappa shape index (κ3) is 2.52. The van der Waals surface area contributed by atoms with Crippen molar-refractivity contribution in [1.82, 2.24) is 15.2 Å². The van der Waals surface area contributed by atoms with Crippen LogP contribution < -0.4 is 4.90 Å². The minimum atomic E-state index is 0.191. The Labute approximate surface area is 82.9 Å². The summed E-state index contributed by atoms with van der Waals surface area (Å²) in [7, 11) is 0. The molecule has 0 aliphatic heterocycles. The van der Waals surface area contributed by atoms with E-state index >= 15 is 0 Å². The van der Waals surface area contributed by atoms with Crippen molar-refractivity contribution >= 4 is 17.4 Å². The highest BCUT2D eigenvalue weighted by Gasteiger charge is 2.10. The van der Waals surface area contributed by atoms with Crippen LogP contribution in [-0.4, -0.2) is 27.8 Å². The van der Waals surface area contributed by atoms with Crippen LogP contribution in [-0.2, 0) is 0 Å². The summed E-state index contributed by atoms with van der Waals surface area (Å²) in [6.45, 7) is 7.14. The van der Waals surface area contributed by atoms with Gasteiger partial charge in [-0.1, -0.05) is 0 Å². The van der Waals surface area contributed by atoms with Gasteiger partial charge in [-0.15, -0.1) is 5.10 Å². The molecule has 0 aliphatic carbocycles. The molecule has 0 atom stereocenters. The summed E-state index contributed by atoms with van der Waals surface area (Å²) in [5, 5.41) is 7.53. The number of aromatic nitrogens is 3. The van der Waals surface area contributed by atoms with Gasteiger partial charge in [-0.2, -0.15) is 10.1 Å². The maximum atomic E-state index is 5.64. The van der Waals surface area contributed by atoms with E-state index in [1.807, 2.05) is 0 Å². The van der Waals surface area contributed by atoms with Crippen LogP contribution in [0.3, 0.4) is 0 Å². The lowest BCUT2D eigenvalue weighted by molar-refractivity contribution is 0.687. The fourth-order valence-electron chi connectivity index (χ4n) is 1.20. The van der Waals surface area contributed by atoms with E-state index < -0.39 is 0 Å². The lowest BCUT2D eigenvalue weighted by Crippen LogP contribution is -2.31. The minimum absolute atomic E-state index is 0.191. The molecule has 5 heteroatoms. The third-order valence-electron chi connectivity index (χ3n) is 1.78. The van der Waals surface area contributed by atoms with Crippen LogP contribution in [0.1, 0.15) is 20.8 Å². The largest absolute Gasteiger partial charge is 0.353 e. The number of hydrogen-bond acceptors (Lipinski definition) is 4. The normalized spacial score (nSPS) is 10.5. The maximum absolute atomic E-state index is 5.64. The van der Waals surface area contributed by atoms with Crippen LogP contribution in [0, 0.1) is 0 Å². The highest BCUT2D eigenvalue weighted by atomic mass is 35.5. The average molecular weight is 201 g/mol. The van der Waals surface area contributed by atoms with Gasteiger partial charge in [0.25, 0.3) is 0 Å². The molecule has 0 saturated heterocycles. The Morgan fingerprint density at radius 1 is 1.54 bits per heavy atom. The summed E-state index contributed by atoms with van der Waals surface area (Å²) in [5.41, 5.74) is 0. The van der Waals surface area contributed by atoms with Gasteiger partial charge in [0.05, 0.1) is 6.20 Å². The van der Waals surface area contributed by atoms with Crippen molar-refractivity contribution in [3.05, 3.63) is 11.5 Å². The quantitative estimate of drug-likeness (QED) is 0.746. The zero-order chi connectivity index (χ0) is 9.84. The average Bonchev–Trinajstić information content (AvgIpc) is 2.04. The lowest BCUT2D eigenvalue weighted by Gasteiger charge is -2.25. The van der Waals surface area contributed by atoms with Gasteiger partial charge in [-0.05, 0) is 32.4 Å². The molecule has 0 aromatic carbocycles. The van der Waals surface area contributed by atoms with Crippen molar-refractivity contribution in [1.29, 1.82) is 0 Å². The number of anilines is 1. The molecule has 1 rings (SSSR count). The van der Waals surface area contributed by atoms with Crippen LogP contribution in [0.2, 0.25) is 5.28 Å². The summed E-state index contributed by atoms with van der Waals surface area (Å²) >= 11 is 5.64. The van der Waals surface area contributed by atoms with Gasteiger partial charge in [0.2, 0.25) is 5.28 Å². The molecule has 0 saturated carbocycles. The molecule has 1 aromatic rings. The summed E-state index contributed by atoms with van der Waals surface area (Å²) in [5.74, 6) is 0.775. The van der Waals surface area contributed by atoms with Crippen LogP contribution >= 0.6 is 11.6 Å². The van der Waals surface area contributed by atoms with E-state index in [0.717, 1.165) is 12.4 Å². The van der Waals surface area contributed by atoms with Gasteiger partial charge in [0.15, 0.2) is 5.82 Å². The first-order valence-electron chi connectivity index (χ1n) is 4.27. The standard InChI is InChI=1S/C8H13ClN4/c1-4-13(6(2)3)7-5-10-12-8(9)11-7/h5-6H,4H2,1-3H3. The lowest BCUT2D eigenvalue weighted by atomic mass is 10.3. The van der Waals surface area contributed by atoms with Gasteiger partial charge in [-0.3, -0.25) is 0 Å². The number of nitrogens with zero attached hydrogens (tertiary/aromatic N) is 4. The molecule has 0 amide bonds. The summed E-state index contributed by atoms with van der Waals surface area (Å²) in [6, 6.07) is 0.387. The van der Waals surface area contributed by atoms with E-state index in [1.165, 1.54) is 0 Å². The van der Waals surface area contributed by atoms with E-state index in [1.54, 1.807) is 6.20 Å². The monoisotopic (exact) mass is 200 g/mol. The van der Waals surface area contributed by atoms with Crippen molar-refractivity contribution in [2.24, 2.45) is 0 Å². The predicted molar refractivity (Wildman–Crippen MR) is 53.0 cm³/mol. The van der Waals surface area contributed by atoms with E-state index in [2.05, 4.69) is 40.9 Å². The zero-order valence-corrected chi connectivity index (χ0v) is 8.78. The summed E-state index contributed by atoms with van der Waals surface area (Å²) in [6.07, 6.45) is 1.62. The number of rotatable bonds is 3. The molecule has 13 heavy (non-hydrogen) atoms. The van der Waals surface area contributed by atoms with E-state index in [4.69, 9.17) is 11.6 Å². The highest BCUT2D eigenvalue weighted by Crippen LogP contribution is 2.13. The SMILES string of the molecule is CCN(c1cnnc(Cl)n1)C(C)C. The zero-order valence-electron chi connectivity index (χ0n) is 8.03. The predicted octanol–water partition coefficient (Wildman–Crippen LogP) is 1.76. The Bertz CT molecular complexity index is 277. The minimum Gasteiger partial charge on any atom is -0.353 e. The Morgan fingerprint density at radius 2 is 2.23 bits per heavy atom. The molecule has 0 fully saturated rings. The maximum Gasteiger partial charge on any atom is 0.244 e. The van der Waals surface area contributed by atoms with Crippen LogP contribution in [0.4, 0.5) is 5.82 Å². The number of halogens is 1. The Kier molecular flexibility index (Phi) is 3.42. The van der Waals surface area contributed by atoms with E-state index in [9.17, 15) is 0 Å². The molecule has 4 nitrogen and oxygen atoms in total. The van der Waals surface area contributed by atoms with Crippen molar-refractivity contribution < 1.29 is 0 Å². The summed E-state index contributed by atoms with van der Waals surface area (Å²) < 4.78 is 0. The van der Waals surface area contributed by atoms with Crippen molar-refractivity contribution in [3.63, 3.8) is 0 Å². The van der Waals surface area contributed by atoms with E-state index in [0.29, 0.717) is 6.04 Å². The van der Waals surface area contributed by atoms with Gasteiger partial charge < -0.3 is 4.90 Å². The van der Waals surface area contributed by atoms with Gasteiger partial charge in [0.1, 0.15) is 0 Å². The van der Waals surface area contributed by atoms with Crippen LogP contribution in [0.15, 0.2) is 6.20 Å². The second-order valence-electron chi connectivity index (χ2n) is 2.96. The van der Waals surface area contributed by atoms with Crippen LogP contribution in [0.25, 0.3) is 0 Å². The van der Waals surface area contributed by atoms with Gasteiger partial charge in [0, 0.05) is 12.6 Å². The Morgan fingerprint density at radius 3 is 2.69 bits per heavy atom. The molecule has 72 valence electrons. The topological polar surface area (TPSA) is 41.9 Å². The second-order valence-corrected chi connectivity index (χ2v) is 3.30. The molecule has 0 unspecified atom stereocenters. The number of hydrogen-bond donors (Lipinski definition) is 0. The Hall–Kier alpha value is -0.900. The van der Waals surface area contributed by atoms with Gasteiger partial charge >= 0.3 is 0 Å².